The molecule has 1 fully saturated rings. The van der Waals surface area contributed by atoms with Gasteiger partial charge in [-0.25, -0.2) is 0 Å². The second kappa shape index (κ2) is 4.34. The van der Waals surface area contributed by atoms with Crippen LogP contribution in [0.4, 0.5) is 0 Å². The third-order valence-corrected chi connectivity index (χ3v) is 3.67. The van der Waals surface area contributed by atoms with Gasteiger partial charge in [0.2, 0.25) is 5.78 Å². The molecule has 90 valence electrons. The number of carbonyl (C=O) groups excluding carboxylic acids is 1. The van der Waals surface area contributed by atoms with Gasteiger partial charge in [-0.05, 0) is 17.7 Å². The standard InChI is InChI=1S/C15H11BrO2/c16-13-8-6-11(7-9-13)14(17)15(10-18-15)12-4-2-1-3-5-12/h1-9H,10H2. The summed E-state index contributed by atoms with van der Waals surface area (Å²) in [5.74, 6) is 0.0289. The summed E-state index contributed by atoms with van der Waals surface area (Å²) < 4.78 is 6.43. The smallest absolute Gasteiger partial charge is 0.201 e. The number of hydrogen-bond acceptors (Lipinski definition) is 2. The Morgan fingerprint density at radius 3 is 2.22 bits per heavy atom. The first-order valence-electron chi connectivity index (χ1n) is 5.72. The monoisotopic (exact) mass is 302 g/mol. The molecule has 1 atom stereocenters. The summed E-state index contributed by atoms with van der Waals surface area (Å²) in [5.41, 5.74) is 0.854. The molecule has 0 aromatic heterocycles. The van der Waals surface area contributed by atoms with Crippen molar-refractivity contribution >= 4 is 21.7 Å². The average Bonchev–Trinajstić information content (AvgIpc) is 3.21. The molecule has 1 unspecified atom stereocenters. The highest BCUT2D eigenvalue weighted by Crippen LogP contribution is 2.41. The zero-order valence-corrected chi connectivity index (χ0v) is 11.2. The van der Waals surface area contributed by atoms with E-state index < -0.39 is 5.60 Å². The third-order valence-electron chi connectivity index (χ3n) is 3.15. The van der Waals surface area contributed by atoms with E-state index in [-0.39, 0.29) is 5.78 Å². The van der Waals surface area contributed by atoms with Crippen molar-refractivity contribution in [2.24, 2.45) is 0 Å². The first kappa shape index (κ1) is 11.6. The highest BCUT2D eigenvalue weighted by molar-refractivity contribution is 9.10. The molecule has 2 nitrogen and oxygen atoms in total. The van der Waals surface area contributed by atoms with E-state index in [9.17, 15) is 4.79 Å². The Labute approximate surface area is 114 Å². The van der Waals surface area contributed by atoms with Crippen LogP contribution in [-0.4, -0.2) is 12.4 Å². The second-order valence-corrected chi connectivity index (χ2v) is 5.23. The van der Waals surface area contributed by atoms with E-state index in [1.165, 1.54) is 0 Å². The van der Waals surface area contributed by atoms with Crippen LogP contribution in [0.25, 0.3) is 0 Å². The van der Waals surface area contributed by atoms with Crippen molar-refractivity contribution < 1.29 is 9.53 Å². The largest absolute Gasteiger partial charge is 0.356 e. The minimum Gasteiger partial charge on any atom is -0.356 e. The van der Waals surface area contributed by atoms with Gasteiger partial charge >= 0.3 is 0 Å². The summed E-state index contributed by atoms with van der Waals surface area (Å²) >= 11 is 3.36. The first-order chi connectivity index (χ1) is 8.72. The Kier molecular flexibility index (Phi) is 2.80. The molecule has 2 aromatic carbocycles. The minimum absolute atomic E-state index is 0.0289. The van der Waals surface area contributed by atoms with Gasteiger partial charge in [0, 0.05) is 10.0 Å². The predicted molar refractivity (Wildman–Crippen MR) is 72.5 cm³/mol. The topological polar surface area (TPSA) is 29.6 Å². The Balaban J connectivity index is 1.96. The van der Waals surface area contributed by atoms with Crippen LogP contribution in [0.2, 0.25) is 0 Å². The van der Waals surface area contributed by atoms with E-state index in [4.69, 9.17) is 4.74 Å². The summed E-state index contributed by atoms with van der Waals surface area (Å²) in [6.45, 7) is 0.464. The van der Waals surface area contributed by atoms with Crippen LogP contribution in [0.1, 0.15) is 15.9 Å². The lowest BCUT2D eigenvalue weighted by Gasteiger charge is -2.11. The lowest BCUT2D eigenvalue weighted by molar-refractivity contribution is 0.0871. The summed E-state index contributed by atoms with van der Waals surface area (Å²) in [7, 11) is 0. The Hall–Kier alpha value is -1.45. The fourth-order valence-electron chi connectivity index (χ4n) is 2.04. The lowest BCUT2D eigenvalue weighted by Crippen LogP contribution is -2.22. The average molecular weight is 303 g/mol. The molecule has 2 aromatic rings. The van der Waals surface area contributed by atoms with Crippen LogP contribution in [0.3, 0.4) is 0 Å². The number of hydrogen-bond donors (Lipinski definition) is 0. The van der Waals surface area contributed by atoms with Crippen LogP contribution in [0.15, 0.2) is 59.1 Å². The van der Waals surface area contributed by atoms with Gasteiger partial charge in [-0.15, -0.1) is 0 Å². The third kappa shape index (κ3) is 1.89. The molecule has 0 spiro atoms. The SMILES string of the molecule is O=C(c1ccc(Br)cc1)C1(c2ccccc2)CO1. The molecule has 3 heteroatoms. The Morgan fingerprint density at radius 2 is 1.67 bits per heavy atom. The van der Waals surface area contributed by atoms with Gasteiger partial charge in [0.05, 0.1) is 6.61 Å². The van der Waals surface area contributed by atoms with E-state index in [1.54, 1.807) is 0 Å². The number of carbonyl (C=O) groups is 1. The van der Waals surface area contributed by atoms with Crippen LogP contribution in [0.5, 0.6) is 0 Å². The molecule has 18 heavy (non-hydrogen) atoms. The van der Waals surface area contributed by atoms with Gasteiger partial charge < -0.3 is 4.74 Å². The number of ketones is 1. The second-order valence-electron chi connectivity index (χ2n) is 4.32. The van der Waals surface area contributed by atoms with Gasteiger partial charge in [-0.2, -0.15) is 0 Å². The number of Topliss-reactive ketones (excluding diaryl/α,β-unsaturated/α-hetero) is 1. The number of ether oxygens (including phenoxy) is 1. The summed E-state index contributed by atoms with van der Waals surface area (Å²) in [6.07, 6.45) is 0. The Bertz CT molecular complexity index is 571. The van der Waals surface area contributed by atoms with Gasteiger partial charge in [0.25, 0.3) is 0 Å². The first-order valence-corrected chi connectivity index (χ1v) is 6.51. The molecule has 1 heterocycles. The summed E-state index contributed by atoms with van der Waals surface area (Å²) in [5, 5.41) is 0. The van der Waals surface area contributed by atoms with E-state index >= 15 is 0 Å². The van der Waals surface area contributed by atoms with Gasteiger partial charge in [0.15, 0.2) is 5.60 Å². The van der Waals surface area contributed by atoms with Crippen molar-refractivity contribution in [2.75, 3.05) is 6.61 Å². The van der Waals surface area contributed by atoms with Crippen molar-refractivity contribution in [1.82, 2.24) is 0 Å². The van der Waals surface area contributed by atoms with Crippen LogP contribution < -0.4 is 0 Å². The molecule has 0 aliphatic carbocycles. The van der Waals surface area contributed by atoms with Gasteiger partial charge in [-0.1, -0.05) is 58.4 Å². The van der Waals surface area contributed by atoms with E-state index in [2.05, 4.69) is 15.9 Å². The van der Waals surface area contributed by atoms with Crippen molar-refractivity contribution in [2.45, 2.75) is 5.60 Å². The lowest BCUT2D eigenvalue weighted by atomic mass is 9.91. The number of rotatable bonds is 3. The van der Waals surface area contributed by atoms with Crippen LogP contribution in [0, 0.1) is 0 Å². The van der Waals surface area contributed by atoms with E-state index in [1.807, 2.05) is 54.6 Å². The minimum atomic E-state index is -0.755. The molecule has 0 amide bonds. The molecular formula is C15H11BrO2. The zero-order chi connectivity index (χ0) is 12.6. The molecule has 1 aliphatic rings. The molecular weight excluding hydrogens is 292 g/mol. The number of halogens is 1. The molecule has 1 aliphatic heterocycles. The fraction of sp³-hybridized carbons (Fsp3) is 0.133. The maximum Gasteiger partial charge on any atom is 0.201 e. The molecule has 0 N–H and O–H groups in total. The summed E-state index contributed by atoms with van der Waals surface area (Å²) in [4.78, 5) is 12.5. The Morgan fingerprint density at radius 1 is 1.06 bits per heavy atom. The maximum absolute atomic E-state index is 12.5. The van der Waals surface area contributed by atoms with E-state index in [0.29, 0.717) is 12.2 Å². The van der Waals surface area contributed by atoms with Crippen LogP contribution >= 0.6 is 15.9 Å². The van der Waals surface area contributed by atoms with Gasteiger partial charge in [0.1, 0.15) is 0 Å². The van der Waals surface area contributed by atoms with Crippen molar-refractivity contribution in [1.29, 1.82) is 0 Å². The zero-order valence-electron chi connectivity index (χ0n) is 9.60. The van der Waals surface area contributed by atoms with Crippen LogP contribution in [-0.2, 0) is 10.3 Å². The van der Waals surface area contributed by atoms with Crippen molar-refractivity contribution in [3.8, 4) is 0 Å². The normalized spacial score (nSPS) is 21.6. The number of benzene rings is 2. The maximum atomic E-state index is 12.5. The fourth-order valence-corrected chi connectivity index (χ4v) is 2.31. The molecule has 3 rings (SSSR count). The van der Waals surface area contributed by atoms with Gasteiger partial charge in [-0.3, -0.25) is 4.79 Å². The summed E-state index contributed by atoms with van der Waals surface area (Å²) in [6, 6.07) is 17.0. The highest BCUT2D eigenvalue weighted by atomic mass is 79.9. The quantitative estimate of drug-likeness (QED) is 0.641. The molecule has 0 saturated carbocycles. The molecule has 1 saturated heterocycles. The highest BCUT2D eigenvalue weighted by Gasteiger charge is 2.53. The van der Waals surface area contributed by atoms with Crippen molar-refractivity contribution in [3.05, 3.63) is 70.2 Å². The van der Waals surface area contributed by atoms with Crippen molar-refractivity contribution in [3.63, 3.8) is 0 Å². The predicted octanol–water partition coefficient (Wildman–Crippen LogP) is 3.56. The molecule has 0 bridgehead atoms. The molecule has 0 radical (unpaired) electrons. The van der Waals surface area contributed by atoms with E-state index in [0.717, 1.165) is 10.0 Å². The number of epoxide rings is 1.